The Morgan fingerprint density at radius 3 is 2.50 bits per heavy atom. The first kappa shape index (κ1) is 15.5. The van der Waals surface area contributed by atoms with E-state index < -0.39 is 5.82 Å². The third kappa shape index (κ3) is 4.06. The van der Waals surface area contributed by atoms with E-state index in [2.05, 4.69) is 11.4 Å². The summed E-state index contributed by atoms with van der Waals surface area (Å²) in [5.74, 6) is -0.580. The van der Waals surface area contributed by atoms with Gasteiger partial charge in [-0.15, -0.1) is 0 Å². The van der Waals surface area contributed by atoms with Gasteiger partial charge in [-0.05, 0) is 35.4 Å². The van der Waals surface area contributed by atoms with Crippen molar-refractivity contribution >= 4 is 11.6 Å². The predicted octanol–water partition coefficient (Wildman–Crippen LogP) is 3.08. The van der Waals surface area contributed by atoms with E-state index >= 15 is 0 Å². The Labute approximate surface area is 128 Å². The summed E-state index contributed by atoms with van der Waals surface area (Å²) < 4.78 is 18.4. The standard InChI is InChI=1S/C17H15FN2O2/c1-22-16-7-4-13(10-15(16)18)11-17(21)20-14-5-2-12(3-6-14)8-9-19/h2-7,10H,8,11H2,1H3,(H,20,21). The highest BCUT2D eigenvalue weighted by Crippen LogP contribution is 2.18. The fourth-order valence-electron chi connectivity index (χ4n) is 2.01. The van der Waals surface area contributed by atoms with E-state index in [1.807, 2.05) is 0 Å². The monoisotopic (exact) mass is 298 g/mol. The van der Waals surface area contributed by atoms with Gasteiger partial charge in [0.1, 0.15) is 0 Å². The molecular weight excluding hydrogens is 283 g/mol. The number of anilines is 1. The highest BCUT2D eigenvalue weighted by Gasteiger charge is 2.08. The van der Waals surface area contributed by atoms with Crippen molar-refractivity contribution in [3.63, 3.8) is 0 Å². The van der Waals surface area contributed by atoms with Crippen molar-refractivity contribution in [2.75, 3.05) is 12.4 Å². The van der Waals surface area contributed by atoms with Crippen molar-refractivity contribution in [2.24, 2.45) is 0 Å². The molecule has 0 saturated heterocycles. The lowest BCUT2D eigenvalue weighted by Gasteiger charge is -2.07. The first-order valence-electron chi connectivity index (χ1n) is 6.70. The minimum absolute atomic E-state index is 0.0703. The van der Waals surface area contributed by atoms with Gasteiger partial charge in [-0.2, -0.15) is 5.26 Å². The maximum absolute atomic E-state index is 13.6. The van der Waals surface area contributed by atoms with Gasteiger partial charge in [0.15, 0.2) is 11.6 Å². The van der Waals surface area contributed by atoms with Crippen molar-refractivity contribution in [3.05, 3.63) is 59.4 Å². The molecule has 22 heavy (non-hydrogen) atoms. The Kier molecular flexibility index (Phi) is 5.10. The quantitative estimate of drug-likeness (QED) is 0.922. The van der Waals surface area contributed by atoms with Crippen LogP contribution in [-0.4, -0.2) is 13.0 Å². The third-order valence-electron chi connectivity index (χ3n) is 3.10. The van der Waals surface area contributed by atoms with Crippen molar-refractivity contribution in [2.45, 2.75) is 12.8 Å². The Balaban J connectivity index is 1.98. The molecule has 2 rings (SSSR count). The number of carbonyl (C=O) groups excluding carboxylic acids is 1. The van der Waals surface area contributed by atoms with Crippen LogP contribution in [0.3, 0.4) is 0 Å². The normalized spacial score (nSPS) is 9.86. The van der Waals surface area contributed by atoms with Gasteiger partial charge in [-0.25, -0.2) is 4.39 Å². The van der Waals surface area contributed by atoms with Gasteiger partial charge in [-0.1, -0.05) is 18.2 Å². The first-order valence-corrected chi connectivity index (χ1v) is 6.70. The third-order valence-corrected chi connectivity index (χ3v) is 3.10. The zero-order valence-corrected chi connectivity index (χ0v) is 12.1. The van der Waals surface area contributed by atoms with Crippen LogP contribution in [0.1, 0.15) is 11.1 Å². The molecule has 0 aliphatic heterocycles. The number of nitriles is 1. The lowest BCUT2D eigenvalue weighted by Crippen LogP contribution is -2.14. The minimum Gasteiger partial charge on any atom is -0.494 e. The van der Waals surface area contributed by atoms with Crippen molar-refractivity contribution in [1.82, 2.24) is 0 Å². The second-order valence-corrected chi connectivity index (χ2v) is 4.73. The van der Waals surface area contributed by atoms with E-state index in [-0.39, 0.29) is 18.1 Å². The van der Waals surface area contributed by atoms with Crippen LogP contribution in [0.15, 0.2) is 42.5 Å². The van der Waals surface area contributed by atoms with Gasteiger partial charge in [0, 0.05) is 5.69 Å². The SMILES string of the molecule is COc1ccc(CC(=O)Nc2ccc(CC#N)cc2)cc1F. The Hall–Kier alpha value is -2.87. The molecule has 0 bridgehead atoms. The van der Waals surface area contributed by atoms with Crippen LogP contribution in [0.2, 0.25) is 0 Å². The number of benzene rings is 2. The summed E-state index contributed by atoms with van der Waals surface area (Å²) in [7, 11) is 1.39. The molecule has 0 aliphatic carbocycles. The van der Waals surface area contributed by atoms with Gasteiger partial charge in [0.25, 0.3) is 0 Å². The number of ether oxygens (including phenoxy) is 1. The number of amides is 1. The number of hydrogen-bond acceptors (Lipinski definition) is 3. The molecule has 4 nitrogen and oxygen atoms in total. The van der Waals surface area contributed by atoms with Crippen LogP contribution in [0, 0.1) is 17.1 Å². The molecule has 0 heterocycles. The second-order valence-electron chi connectivity index (χ2n) is 4.73. The Bertz CT molecular complexity index is 706. The molecule has 0 aliphatic rings. The molecule has 0 fully saturated rings. The molecule has 0 saturated carbocycles. The number of nitrogens with zero attached hydrogens (tertiary/aromatic N) is 1. The number of methoxy groups -OCH3 is 1. The molecule has 0 unspecified atom stereocenters. The van der Waals surface area contributed by atoms with E-state index in [0.717, 1.165) is 5.56 Å². The maximum atomic E-state index is 13.6. The number of hydrogen-bond donors (Lipinski definition) is 1. The zero-order chi connectivity index (χ0) is 15.9. The van der Waals surface area contributed by atoms with E-state index in [0.29, 0.717) is 17.7 Å². The fraction of sp³-hybridized carbons (Fsp3) is 0.176. The first-order chi connectivity index (χ1) is 10.6. The number of nitrogens with one attached hydrogen (secondary N) is 1. The topological polar surface area (TPSA) is 62.1 Å². The molecule has 0 aromatic heterocycles. The number of rotatable bonds is 5. The molecule has 0 radical (unpaired) electrons. The van der Waals surface area contributed by atoms with Gasteiger partial charge in [-0.3, -0.25) is 4.79 Å². The van der Waals surface area contributed by atoms with Crippen molar-refractivity contribution < 1.29 is 13.9 Å². The van der Waals surface area contributed by atoms with Gasteiger partial charge in [0.2, 0.25) is 5.91 Å². The summed E-state index contributed by atoms with van der Waals surface area (Å²) in [5.41, 5.74) is 2.09. The second kappa shape index (κ2) is 7.23. The van der Waals surface area contributed by atoms with Gasteiger partial charge >= 0.3 is 0 Å². The number of halogens is 1. The lowest BCUT2D eigenvalue weighted by atomic mass is 10.1. The minimum atomic E-state index is -0.492. The predicted molar refractivity (Wildman–Crippen MR) is 81.0 cm³/mol. The molecule has 1 N–H and O–H groups in total. The molecule has 112 valence electrons. The van der Waals surface area contributed by atoms with E-state index in [9.17, 15) is 9.18 Å². The van der Waals surface area contributed by atoms with Crippen LogP contribution in [-0.2, 0) is 17.6 Å². The molecule has 2 aromatic carbocycles. The van der Waals surface area contributed by atoms with Gasteiger partial charge < -0.3 is 10.1 Å². The zero-order valence-electron chi connectivity index (χ0n) is 12.1. The molecular formula is C17H15FN2O2. The van der Waals surface area contributed by atoms with E-state index in [1.54, 1.807) is 30.3 Å². The van der Waals surface area contributed by atoms with E-state index in [4.69, 9.17) is 10.00 Å². The summed E-state index contributed by atoms with van der Waals surface area (Å²) in [6, 6.07) is 13.5. The molecule has 0 atom stereocenters. The molecule has 2 aromatic rings. The maximum Gasteiger partial charge on any atom is 0.228 e. The molecule has 5 heteroatoms. The van der Waals surface area contributed by atoms with E-state index in [1.165, 1.54) is 19.2 Å². The van der Waals surface area contributed by atoms with Crippen LogP contribution in [0.4, 0.5) is 10.1 Å². The molecule has 0 spiro atoms. The average molecular weight is 298 g/mol. The van der Waals surface area contributed by atoms with Crippen LogP contribution < -0.4 is 10.1 Å². The van der Waals surface area contributed by atoms with Crippen molar-refractivity contribution in [1.29, 1.82) is 5.26 Å². The molecule has 1 amide bonds. The summed E-state index contributed by atoms with van der Waals surface area (Å²) in [6.07, 6.45) is 0.403. The Morgan fingerprint density at radius 2 is 1.91 bits per heavy atom. The van der Waals surface area contributed by atoms with Crippen LogP contribution in [0.25, 0.3) is 0 Å². The fourth-order valence-corrected chi connectivity index (χ4v) is 2.01. The average Bonchev–Trinajstić information content (AvgIpc) is 2.50. The van der Waals surface area contributed by atoms with Gasteiger partial charge in [0.05, 0.1) is 26.0 Å². The highest BCUT2D eigenvalue weighted by molar-refractivity contribution is 5.92. The van der Waals surface area contributed by atoms with Crippen LogP contribution >= 0.6 is 0 Å². The van der Waals surface area contributed by atoms with Crippen LogP contribution in [0.5, 0.6) is 5.75 Å². The smallest absolute Gasteiger partial charge is 0.228 e. The lowest BCUT2D eigenvalue weighted by molar-refractivity contribution is -0.115. The number of carbonyl (C=O) groups is 1. The summed E-state index contributed by atoms with van der Waals surface area (Å²) in [6.45, 7) is 0. The van der Waals surface area contributed by atoms with Crippen molar-refractivity contribution in [3.8, 4) is 11.8 Å². The summed E-state index contributed by atoms with van der Waals surface area (Å²) in [5, 5.41) is 11.3. The summed E-state index contributed by atoms with van der Waals surface area (Å²) in [4.78, 5) is 11.9. The largest absolute Gasteiger partial charge is 0.494 e. The highest BCUT2D eigenvalue weighted by atomic mass is 19.1. The Morgan fingerprint density at radius 1 is 1.23 bits per heavy atom. The summed E-state index contributed by atoms with van der Waals surface area (Å²) >= 11 is 0.